The van der Waals surface area contributed by atoms with Crippen molar-refractivity contribution in [3.8, 4) is 0 Å². The van der Waals surface area contributed by atoms with Gasteiger partial charge in [-0.05, 0) is 23.8 Å². The summed E-state index contributed by atoms with van der Waals surface area (Å²) in [5.41, 5.74) is 2.42. The number of rotatable bonds is 3. The first-order valence-electron chi connectivity index (χ1n) is 5.59. The Morgan fingerprint density at radius 1 is 1.32 bits per heavy atom. The van der Waals surface area contributed by atoms with Gasteiger partial charge in [-0.25, -0.2) is 9.37 Å². The second-order valence-electron chi connectivity index (χ2n) is 3.96. The van der Waals surface area contributed by atoms with E-state index in [0.717, 1.165) is 20.7 Å². The highest BCUT2D eigenvalue weighted by molar-refractivity contribution is 9.10. The number of nitrogens with zero attached hydrogens (tertiary/aromatic N) is 2. The van der Waals surface area contributed by atoms with E-state index in [4.69, 9.17) is 0 Å². The molecule has 1 aromatic carbocycles. The second-order valence-corrected chi connectivity index (χ2v) is 5.84. The van der Waals surface area contributed by atoms with Gasteiger partial charge in [-0.3, -0.25) is 4.98 Å². The quantitative estimate of drug-likeness (QED) is 0.730. The maximum atomic E-state index is 13.7. The number of fused-ring (bicyclic) bond motifs is 1. The van der Waals surface area contributed by atoms with Gasteiger partial charge in [0.15, 0.2) is 5.16 Å². The molecule has 0 aliphatic heterocycles. The average Bonchev–Trinajstić information content (AvgIpc) is 2.80. The van der Waals surface area contributed by atoms with E-state index in [1.807, 2.05) is 12.1 Å². The third-order valence-corrected chi connectivity index (χ3v) is 4.06. The molecular formula is C13H9BrFN3S. The minimum atomic E-state index is -0.209. The molecule has 2 heterocycles. The Bertz CT molecular complexity index is 696. The van der Waals surface area contributed by atoms with Crippen LogP contribution in [0, 0.1) is 5.82 Å². The van der Waals surface area contributed by atoms with Gasteiger partial charge in [-0.2, -0.15) is 0 Å². The summed E-state index contributed by atoms with van der Waals surface area (Å²) in [4.78, 5) is 11.6. The van der Waals surface area contributed by atoms with Crippen LogP contribution in [0.1, 0.15) is 5.56 Å². The number of H-pyrrole nitrogens is 1. The molecule has 19 heavy (non-hydrogen) atoms. The number of pyridine rings is 1. The van der Waals surface area contributed by atoms with E-state index in [0.29, 0.717) is 11.3 Å². The Hall–Kier alpha value is -1.40. The highest BCUT2D eigenvalue weighted by Crippen LogP contribution is 2.25. The second kappa shape index (κ2) is 5.30. The predicted molar refractivity (Wildman–Crippen MR) is 77.5 cm³/mol. The lowest BCUT2D eigenvalue weighted by Crippen LogP contribution is -1.87. The van der Waals surface area contributed by atoms with Gasteiger partial charge in [0.05, 0.1) is 11.7 Å². The molecule has 0 fully saturated rings. The fraction of sp³-hybridized carbons (Fsp3) is 0.0769. The molecule has 0 radical (unpaired) electrons. The van der Waals surface area contributed by atoms with Crippen molar-refractivity contribution < 1.29 is 4.39 Å². The fourth-order valence-electron chi connectivity index (χ4n) is 1.69. The zero-order valence-corrected chi connectivity index (χ0v) is 12.1. The number of imidazole rings is 1. The summed E-state index contributed by atoms with van der Waals surface area (Å²) in [5, 5.41) is 0.769. The normalized spacial score (nSPS) is 11.1. The number of nitrogens with one attached hydrogen (secondary N) is 1. The van der Waals surface area contributed by atoms with E-state index < -0.39 is 0 Å². The summed E-state index contributed by atoms with van der Waals surface area (Å²) < 4.78 is 14.4. The average molecular weight is 338 g/mol. The van der Waals surface area contributed by atoms with E-state index in [1.165, 1.54) is 17.8 Å². The van der Waals surface area contributed by atoms with Crippen LogP contribution in [0.5, 0.6) is 0 Å². The molecule has 3 aromatic rings. The minimum Gasteiger partial charge on any atom is -0.333 e. The van der Waals surface area contributed by atoms with Crippen molar-refractivity contribution in [2.75, 3.05) is 0 Å². The van der Waals surface area contributed by atoms with E-state index in [2.05, 4.69) is 30.9 Å². The summed E-state index contributed by atoms with van der Waals surface area (Å²) in [7, 11) is 0. The molecule has 0 atom stereocenters. The number of hydrogen-bond acceptors (Lipinski definition) is 3. The van der Waals surface area contributed by atoms with Gasteiger partial charge in [-0.1, -0.05) is 33.8 Å². The molecule has 1 N–H and O–H groups in total. The fourth-order valence-corrected chi connectivity index (χ4v) is 2.89. The first kappa shape index (κ1) is 12.6. The lowest BCUT2D eigenvalue weighted by Gasteiger charge is -2.01. The minimum absolute atomic E-state index is 0.209. The Labute approximate surface area is 121 Å². The molecule has 3 rings (SSSR count). The molecule has 0 saturated heterocycles. The summed E-state index contributed by atoms with van der Waals surface area (Å²) in [6.45, 7) is 0. The third kappa shape index (κ3) is 2.79. The first-order chi connectivity index (χ1) is 9.22. The molecule has 96 valence electrons. The largest absolute Gasteiger partial charge is 0.333 e. The highest BCUT2D eigenvalue weighted by Gasteiger charge is 2.07. The molecular weight excluding hydrogens is 329 g/mol. The monoisotopic (exact) mass is 337 g/mol. The molecule has 0 saturated carbocycles. The van der Waals surface area contributed by atoms with Crippen molar-refractivity contribution >= 4 is 38.7 Å². The molecule has 0 spiro atoms. The zero-order chi connectivity index (χ0) is 13.2. The number of aromatic amines is 1. The van der Waals surface area contributed by atoms with Gasteiger partial charge >= 0.3 is 0 Å². The lowest BCUT2D eigenvalue weighted by atomic mass is 10.2. The molecule has 0 bridgehead atoms. The summed E-state index contributed by atoms with van der Waals surface area (Å²) in [5.74, 6) is 0.325. The number of aromatic nitrogens is 3. The van der Waals surface area contributed by atoms with Gasteiger partial charge in [-0.15, -0.1) is 0 Å². The highest BCUT2D eigenvalue weighted by atomic mass is 79.9. The van der Waals surface area contributed by atoms with Crippen LogP contribution in [0.3, 0.4) is 0 Å². The van der Waals surface area contributed by atoms with Crippen LogP contribution in [0.4, 0.5) is 4.39 Å². The van der Waals surface area contributed by atoms with Crippen LogP contribution in [-0.2, 0) is 5.75 Å². The van der Waals surface area contributed by atoms with Crippen molar-refractivity contribution in [1.82, 2.24) is 15.0 Å². The van der Waals surface area contributed by atoms with Crippen LogP contribution in [-0.4, -0.2) is 15.0 Å². The van der Waals surface area contributed by atoms with E-state index in [1.54, 1.807) is 18.5 Å². The van der Waals surface area contributed by atoms with Gasteiger partial charge in [0, 0.05) is 16.4 Å². The number of thioether (sulfide) groups is 1. The Morgan fingerprint density at radius 3 is 3.00 bits per heavy atom. The van der Waals surface area contributed by atoms with Gasteiger partial charge in [0.2, 0.25) is 0 Å². The zero-order valence-electron chi connectivity index (χ0n) is 9.73. The Kier molecular flexibility index (Phi) is 3.52. The summed E-state index contributed by atoms with van der Waals surface area (Å²) in [6, 6.07) is 6.95. The predicted octanol–water partition coefficient (Wildman–Crippen LogP) is 4.15. The summed E-state index contributed by atoms with van der Waals surface area (Å²) >= 11 is 4.71. The number of benzene rings is 1. The molecule has 0 aliphatic rings. The van der Waals surface area contributed by atoms with Crippen LogP contribution in [0.15, 0.2) is 46.3 Å². The SMILES string of the molecule is Fc1cc(Br)ccc1CSc1nc2cnccc2[nH]1. The van der Waals surface area contributed by atoms with Crippen LogP contribution in [0.25, 0.3) is 11.0 Å². The van der Waals surface area contributed by atoms with E-state index >= 15 is 0 Å². The van der Waals surface area contributed by atoms with Gasteiger partial charge in [0.25, 0.3) is 0 Å². The Balaban J connectivity index is 1.78. The van der Waals surface area contributed by atoms with Crippen molar-refractivity contribution in [1.29, 1.82) is 0 Å². The maximum absolute atomic E-state index is 13.7. The van der Waals surface area contributed by atoms with Crippen molar-refractivity contribution in [3.63, 3.8) is 0 Å². The smallest absolute Gasteiger partial charge is 0.166 e. The van der Waals surface area contributed by atoms with Gasteiger partial charge in [0.1, 0.15) is 11.3 Å². The van der Waals surface area contributed by atoms with Crippen molar-refractivity contribution in [2.24, 2.45) is 0 Å². The lowest BCUT2D eigenvalue weighted by molar-refractivity contribution is 0.616. The van der Waals surface area contributed by atoms with Crippen LogP contribution < -0.4 is 0 Å². The molecule has 6 heteroatoms. The molecule has 3 nitrogen and oxygen atoms in total. The van der Waals surface area contributed by atoms with Crippen LogP contribution in [0.2, 0.25) is 0 Å². The molecule has 2 aromatic heterocycles. The maximum Gasteiger partial charge on any atom is 0.166 e. The number of hydrogen-bond donors (Lipinski definition) is 1. The van der Waals surface area contributed by atoms with E-state index in [-0.39, 0.29) is 5.82 Å². The first-order valence-corrected chi connectivity index (χ1v) is 7.37. The van der Waals surface area contributed by atoms with Crippen LogP contribution >= 0.6 is 27.7 Å². The summed E-state index contributed by atoms with van der Waals surface area (Å²) in [6.07, 6.45) is 3.42. The molecule has 0 unspecified atom stereocenters. The van der Waals surface area contributed by atoms with Gasteiger partial charge < -0.3 is 4.98 Å². The van der Waals surface area contributed by atoms with Crippen molar-refractivity contribution in [2.45, 2.75) is 10.9 Å². The molecule has 0 amide bonds. The third-order valence-electron chi connectivity index (χ3n) is 2.64. The molecule has 0 aliphatic carbocycles. The standard InChI is InChI=1S/C13H9BrFN3S/c14-9-2-1-8(10(15)5-9)7-19-13-17-11-3-4-16-6-12(11)18-13/h1-6H,7H2,(H,17,18). The number of halogens is 2. The van der Waals surface area contributed by atoms with E-state index in [9.17, 15) is 4.39 Å². The Morgan fingerprint density at radius 2 is 2.21 bits per heavy atom. The topological polar surface area (TPSA) is 41.6 Å². The van der Waals surface area contributed by atoms with Crippen molar-refractivity contribution in [3.05, 3.63) is 52.5 Å².